The largest absolute Gasteiger partial charge is 0.444 e. The van der Waals surface area contributed by atoms with Crippen LogP contribution in [0.25, 0.3) is 0 Å². The Bertz CT molecular complexity index is 377. The molecule has 128 valence electrons. The molecule has 2 fully saturated rings. The molecule has 4 heteroatoms. The Kier molecular flexibility index (Phi) is 5.41. The van der Waals surface area contributed by atoms with Crippen molar-refractivity contribution in [3.63, 3.8) is 0 Å². The number of ether oxygens (including phenoxy) is 1. The molecule has 1 atom stereocenters. The summed E-state index contributed by atoms with van der Waals surface area (Å²) < 4.78 is 5.53. The number of hydrogen-bond acceptors (Lipinski definition) is 3. The van der Waals surface area contributed by atoms with E-state index in [4.69, 9.17) is 4.74 Å². The summed E-state index contributed by atoms with van der Waals surface area (Å²) in [6, 6.07) is 0.916. The van der Waals surface area contributed by atoms with Crippen molar-refractivity contribution in [2.24, 2.45) is 5.41 Å². The fourth-order valence-electron chi connectivity index (χ4n) is 3.51. The van der Waals surface area contributed by atoms with Crippen molar-refractivity contribution in [3.05, 3.63) is 0 Å². The number of nitrogens with zero attached hydrogens (tertiary/aromatic N) is 1. The molecule has 4 nitrogen and oxygen atoms in total. The molecule has 22 heavy (non-hydrogen) atoms. The summed E-state index contributed by atoms with van der Waals surface area (Å²) in [4.78, 5) is 14.2. The van der Waals surface area contributed by atoms with Crippen molar-refractivity contribution in [2.75, 3.05) is 13.1 Å². The first-order valence-corrected chi connectivity index (χ1v) is 8.89. The number of rotatable bonds is 3. The van der Waals surface area contributed by atoms with Crippen molar-refractivity contribution in [3.8, 4) is 0 Å². The van der Waals surface area contributed by atoms with E-state index in [1.54, 1.807) is 0 Å². The zero-order valence-electron chi connectivity index (χ0n) is 15.1. The molecule has 1 unspecified atom stereocenters. The number of carbonyl (C=O) groups excluding carboxylic acids is 1. The first-order chi connectivity index (χ1) is 10.2. The average molecular weight is 310 g/mol. The van der Waals surface area contributed by atoms with Crippen molar-refractivity contribution in [1.29, 1.82) is 0 Å². The van der Waals surface area contributed by atoms with Crippen molar-refractivity contribution in [2.45, 2.75) is 90.8 Å². The maximum Gasteiger partial charge on any atom is 0.410 e. The van der Waals surface area contributed by atoms with Crippen LogP contribution in [0.3, 0.4) is 0 Å². The van der Waals surface area contributed by atoms with Crippen molar-refractivity contribution >= 4 is 6.09 Å². The van der Waals surface area contributed by atoms with Gasteiger partial charge >= 0.3 is 6.09 Å². The number of hydrogen-bond donors (Lipinski definition) is 1. The van der Waals surface area contributed by atoms with Crippen molar-refractivity contribution < 1.29 is 9.53 Å². The van der Waals surface area contributed by atoms with Crippen LogP contribution in [0.4, 0.5) is 4.79 Å². The molecule has 2 aliphatic rings. The summed E-state index contributed by atoms with van der Waals surface area (Å²) in [6.45, 7) is 12.3. The van der Waals surface area contributed by atoms with Gasteiger partial charge in [-0.15, -0.1) is 0 Å². The van der Waals surface area contributed by atoms with Gasteiger partial charge in [0, 0.05) is 25.2 Å². The van der Waals surface area contributed by atoms with E-state index in [-0.39, 0.29) is 6.09 Å². The Hall–Kier alpha value is -0.770. The SMILES string of the molecule is CC1(C)CCC(NCC2CCCN2C(=O)OC(C)(C)C)CC1. The molecule has 2 rings (SSSR count). The lowest BCUT2D eigenvalue weighted by Gasteiger charge is -2.36. The second-order valence-electron chi connectivity index (χ2n) is 8.82. The van der Waals surface area contributed by atoms with Gasteiger partial charge in [0.1, 0.15) is 5.60 Å². The van der Waals surface area contributed by atoms with Gasteiger partial charge in [0.25, 0.3) is 0 Å². The third kappa shape index (κ3) is 5.15. The Morgan fingerprint density at radius 2 is 1.86 bits per heavy atom. The van der Waals surface area contributed by atoms with Crippen LogP contribution in [-0.2, 0) is 4.74 Å². The number of nitrogens with one attached hydrogen (secondary N) is 1. The maximum absolute atomic E-state index is 12.3. The highest BCUT2D eigenvalue weighted by molar-refractivity contribution is 5.69. The number of amides is 1. The summed E-state index contributed by atoms with van der Waals surface area (Å²) >= 11 is 0. The zero-order valence-corrected chi connectivity index (χ0v) is 15.1. The molecule has 1 saturated carbocycles. The van der Waals surface area contributed by atoms with Gasteiger partial charge in [-0.05, 0) is 64.7 Å². The molecular formula is C18H34N2O2. The highest BCUT2D eigenvalue weighted by Crippen LogP contribution is 2.35. The molecule has 1 heterocycles. The van der Waals surface area contributed by atoms with Crippen LogP contribution >= 0.6 is 0 Å². The van der Waals surface area contributed by atoms with Gasteiger partial charge < -0.3 is 15.0 Å². The predicted octanol–water partition coefficient (Wildman–Crippen LogP) is 3.94. The average Bonchev–Trinajstić information content (AvgIpc) is 2.84. The topological polar surface area (TPSA) is 41.6 Å². The van der Waals surface area contributed by atoms with Crippen LogP contribution in [0, 0.1) is 5.41 Å². The quantitative estimate of drug-likeness (QED) is 0.858. The zero-order chi connectivity index (χ0) is 16.4. The van der Waals surface area contributed by atoms with E-state index in [1.165, 1.54) is 25.7 Å². The monoisotopic (exact) mass is 310 g/mol. The van der Waals surface area contributed by atoms with Crippen LogP contribution in [0.5, 0.6) is 0 Å². The minimum Gasteiger partial charge on any atom is -0.444 e. The number of carbonyl (C=O) groups is 1. The molecule has 1 aliphatic carbocycles. The van der Waals surface area contributed by atoms with E-state index >= 15 is 0 Å². The van der Waals surface area contributed by atoms with Crippen LogP contribution < -0.4 is 5.32 Å². The van der Waals surface area contributed by atoms with E-state index in [2.05, 4.69) is 19.2 Å². The lowest BCUT2D eigenvalue weighted by Crippen LogP contribution is -2.47. The smallest absolute Gasteiger partial charge is 0.410 e. The summed E-state index contributed by atoms with van der Waals surface area (Å²) in [7, 11) is 0. The lowest BCUT2D eigenvalue weighted by atomic mass is 9.75. The van der Waals surface area contributed by atoms with Gasteiger partial charge in [0.2, 0.25) is 0 Å². The highest BCUT2D eigenvalue weighted by atomic mass is 16.6. The molecule has 1 saturated heterocycles. The standard InChI is InChI=1S/C18H34N2O2/c1-17(2,3)22-16(21)20-12-6-7-15(20)13-19-14-8-10-18(4,5)11-9-14/h14-15,19H,6-13H2,1-5H3. The van der Waals surface area contributed by atoms with Crippen LogP contribution in [0.1, 0.15) is 73.1 Å². The van der Waals surface area contributed by atoms with E-state index in [0.717, 1.165) is 25.9 Å². The molecule has 1 amide bonds. The van der Waals surface area contributed by atoms with E-state index in [0.29, 0.717) is 17.5 Å². The third-order valence-electron chi connectivity index (χ3n) is 4.99. The lowest BCUT2D eigenvalue weighted by molar-refractivity contribution is 0.0223. The summed E-state index contributed by atoms with van der Waals surface area (Å²) in [5.41, 5.74) is 0.0979. The Morgan fingerprint density at radius 1 is 1.23 bits per heavy atom. The fraction of sp³-hybridized carbons (Fsp3) is 0.944. The molecular weight excluding hydrogens is 276 g/mol. The molecule has 0 aromatic carbocycles. The molecule has 0 aromatic heterocycles. The second-order valence-corrected chi connectivity index (χ2v) is 8.82. The normalized spacial score (nSPS) is 26.2. The Balaban J connectivity index is 1.78. The molecule has 0 spiro atoms. The van der Waals surface area contributed by atoms with Crippen LogP contribution in [-0.4, -0.2) is 41.8 Å². The van der Waals surface area contributed by atoms with Crippen molar-refractivity contribution in [1.82, 2.24) is 10.2 Å². The first-order valence-electron chi connectivity index (χ1n) is 8.89. The first kappa shape index (κ1) is 17.6. The second kappa shape index (κ2) is 6.77. The van der Waals surface area contributed by atoms with E-state index in [9.17, 15) is 4.79 Å². The van der Waals surface area contributed by atoms with Gasteiger partial charge in [-0.25, -0.2) is 4.79 Å². The molecule has 0 radical (unpaired) electrons. The molecule has 1 aliphatic heterocycles. The number of likely N-dealkylation sites (tertiary alicyclic amines) is 1. The maximum atomic E-state index is 12.3. The molecule has 1 N–H and O–H groups in total. The Labute approximate surface area is 136 Å². The van der Waals surface area contributed by atoms with Gasteiger partial charge in [0.05, 0.1) is 0 Å². The van der Waals surface area contributed by atoms with E-state index < -0.39 is 5.60 Å². The third-order valence-corrected chi connectivity index (χ3v) is 4.99. The van der Waals surface area contributed by atoms with Gasteiger partial charge in [-0.1, -0.05) is 13.8 Å². The minimum atomic E-state index is -0.410. The molecule has 0 aromatic rings. The van der Waals surface area contributed by atoms with Gasteiger partial charge in [0.15, 0.2) is 0 Å². The fourth-order valence-corrected chi connectivity index (χ4v) is 3.51. The summed E-state index contributed by atoms with van der Waals surface area (Å²) in [5.74, 6) is 0. The highest BCUT2D eigenvalue weighted by Gasteiger charge is 2.33. The summed E-state index contributed by atoms with van der Waals surface area (Å²) in [5, 5.41) is 3.70. The van der Waals surface area contributed by atoms with Gasteiger partial charge in [-0.2, -0.15) is 0 Å². The van der Waals surface area contributed by atoms with Crippen LogP contribution in [0.2, 0.25) is 0 Å². The predicted molar refractivity (Wildman–Crippen MR) is 90.0 cm³/mol. The van der Waals surface area contributed by atoms with Gasteiger partial charge in [-0.3, -0.25) is 0 Å². The minimum absolute atomic E-state index is 0.151. The summed E-state index contributed by atoms with van der Waals surface area (Å²) in [6.07, 6.45) is 7.13. The van der Waals surface area contributed by atoms with E-state index in [1.807, 2.05) is 25.7 Å². The Morgan fingerprint density at radius 3 is 2.45 bits per heavy atom. The van der Waals surface area contributed by atoms with Crippen LogP contribution in [0.15, 0.2) is 0 Å². The molecule has 0 bridgehead atoms.